The van der Waals surface area contributed by atoms with Gasteiger partial charge in [0.05, 0.1) is 11.9 Å². The lowest BCUT2D eigenvalue weighted by atomic mass is 10.0. The number of aryl methyl sites for hydroxylation is 1. The highest BCUT2D eigenvalue weighted by Gasteiger charge is 2.00. The molecule has 0 N–H and O–H groups in total. The van der Waals surface area contributed by atoms with E-state index in [2.05, 4.69) is 41.2 Å². The van der Waals surface area contributed by atoms with E-state index >= 15 is 0 Å². The summed E-state index contributed by atoms with van der Waals surface area (Å²) in [6, 6.07) is 8.60. The Morgan fingerprint density at radius 1 is 1.12 bits per heavy atom. The fraction of sp³-hybridized carbons (Fsp3) is 0.333. The second-order valence-corrected chi connectivity index (χ2v) is 4.25. The lowest BCUT2D eigenvalue weighted by Gasteiger charge is -2.04. The SMILES string of the molecule is CCCCCc1cccc(-c2cnccn2)c1. The average molecular weight is 226 g/mol. The molecule has 2 nitrogen and oxygen atoms in total. The van der Waals surface area contributed by atoms with E-state index in [4.69, 9.17) is 0 Å². The van der Waals surface area contributed by atoms with Crippen molar-refractivity contribution in [2.75, 3.05) is 0 Å². The van der Waals surface area contributed by atoms with Crippen LogP contribution in [0.5, 0.6) is 0 Å². The Bertz CT molecular complexity index is 451. The zero-order chi connectivity index (χ0) is 11.9. The van der Waals surface area contributed by atoms with Crippen molar-refractivity contribution in [2.45, 2.75) is 32.6 Å². The molecule has 0 aliphatic rings. The summed E-state index contributed by atoms with van der Waals surface area (Å²) >= 11 is 0. The first kappa shape index (κ1) is 11.8. The summed E-state index contributed by atoms with van der Waals surface area (Å²) < 4.78 is 0. The van der Waals surface area contributed by atoms with E-state index in [0.717, 1.165) is 17.7 Å². The second kappa shape index (κ2) is 6.14. The third-order valence-corrected chi connectivity index (χ3v) is 2.85. The van der Waals surface area contributed by atoms with Gasteiger partial charge in [0.2, 0.25) is 0 Å². The largest absolute Gasteiger partial charge is 0.261 e. The van der Waals surface area contributed by atoms with Crippen LogP contribution in [0, 0.1) is 0 Å². The number of hydrogen-bond acceptors (Lipinski definition) is 2. The third kappa shape index (κ3) is 3.38. The molecule has 2 aromatic rings. The zero-order valence-corrected chi connectivity index (χ0v) is 10.3. The molecule has 0 fully saturated rings. The number of hydrogen-bond donors (Lipinski definition) is 0. The van der Waals surface area contributed by atoms with E-state index in [-0.39, 0.29) is 0 Å². The molecule has 0 unspecified atom stereocenters. The molecular weight excluding hydrogens is 208 g/mol. The molecule has 0 spiro atoms. The molecule has 0 saturated heterocycles. The Kier molecular flexibility index (Phi) is 4.25. The van der Waals surface area contributed by atoms with Gasteiger partial charge >= 0.3 is 0 Å². The third-order valence-electron chi connectivity index (χ3n) is 2.85. The molecule has 2 rings (SSSR count). The van der Waals surface area contributed by atoms with Crippen molar-refractivity contribution in [1.82, 2.24) is 9.97 Å². The molecule has 0 saturated carbocycles. The molecule has 2 heteroatoms. The Labute approximate surface area is 103 Å². The number of nitrogens with zero attached hydrogens (tertiary/aromatic N) is 2. The van der Waals surface area contributed by atoms with Gasteiger partial charge in [-0.15, -0.1) is 0 Å². The van der Waals surface area contributed by atoms with Crippen molar-refractivity contribution in [3.8, 4) is 11.3 Å². The molecule has 1 aromatic carbocycles. The fourth-order valence-electron chi connectivity index (χ4n) is 1.91. The van der Waals surface area contributed by atoms with Gasteiger partial charge < -0.3 is 0 Å². The van der Waals surface area contributed by atoms with Crippen LogP contribution in [0.2, 0.25) is 0 Å². The zero-order valence-electron chi connectivity index (χ0n) is 10.3. The Morgan fingerprint density at radius 3 is 2.82 bits per heavy atom. The van der Waals surface area contributed by atoms with E-state index in [1.807, 2.05) is 6.20 Å². The van der Waals surface area contributed by atoms with Gasteiger partial charge in [-0.25, -0.2) is 0 Å². The van der Waals surface area contributed by atoms with Crippen LogP contribution in [0.15, 0.2) is 42.9 Å². The maximum atomic E-state index is 4.32. The molecule has 88 valence electrons. The monoisotopic (exact) mass is 226 g/mol. The van der Waals surface area contributed by atoms with Gasteiger partial charge in [0, 0.05) is 18.0 Å². The van der Waals surface area contributed by atoms with Gasteiger partial charge in [0.1, 0.15) is 0 Å². The second-order valence-electron chi connectivity index (χ2n) is 4.25. The van der Waals surface area contributed by atoms with E-state index in [9.17, 15) is 0 Å². The van der Waals surface area contributed by atoms with Crippen LogP contribution < -0.4 is 0 Å². The van der Waals surface area contributed by atoms with Gasteiger partial charge in [-0.1, -0.05) is 38.0 Å². The van der Waals surface area contributed by atoms with Gasteiger partial charge in [-0.3, -0.25) is 9.97 Å². The lowest BCUT2D eigenvalue weighted by Crippen LogP contribution is -1.88. The normalized spacial score (nSPS) is 10.4. The predicted octanol–water partition coefficient (Wildman–Crippen LogP) is 3.88. The van der Waals surface area contributed by atoms with Crippen molar-refractivity contribution >= 4 is 0 Å². The first-order chi connectivity index (χ1) is 8.40. The average Bonchev–Trinajstić information content (AvgIpc) is 2.41. The molecule has 0 bridgehead atoms. The summed E-state index contributed by atoms with van der Waals surface area (Å²) in [6.07, 6.45) is 10.2. The van der Waals surface area contributed by atoms with Gasteiger partial charge in [-0.2, -0.15) is 0 Å². The highest BCUT2D eigenvalue weighted by Crippen LogP contribution is 2.18. The van der Waals surface area contributed by atoms with Crippen LogP contribution in [0.1, 0.15) is 31.7 Å². The number of aromatic nitrogens is 2. The van der Waals surface area contributed by atoms with Crippen LogP contribution in [0.4, 0.5) is 0 Å². The summed E-state index contributed by atoms with van der Waals surface area (Å²) in [5, 5.41) is 0. The maximum absolute atomic E-state index is 4.32. The van der Waals surface area contributed by atoms with Gasteiger partial charge in [-0.05, 0) is 24.5 Å². The number of benzene rings is 1. The highest BCUT2D eigenvalue weighted by molar-refractivity contribution is 5.58. The molecule has 17 heavy (non-hydrogen) atoms. The van der Waals surface area contributed by atoms with E-state index in [1.54, 1.807) is 12.4 Å². The minimum Gasteiger partial charge on any atom is -0.261 e. The summed E-state index contributed by atoms with van der Waals surface area (Å²) in [5.41, 5.74) is 3.50. The van der Waals surface area contributed by atoms with E-state index < -0.39 is 0 Å². The van der Waals surface area contributed by atoms with Crippen LogP contribution in [0.25, 0.3) is 11.3 Å². The van der Waals surface area contributed by atoms with Crippen LogP contribution in [-0.4, -0.2) is 9.97 Å². The standard InChI is InChI=1S/C15H18N2/c1-2-3-4-6-13-7-5-8-14(11-13)15-12-16-9-10-17-15/h5,7-12H,2-4,6H2,1H3. The molecule has 0 atom stereocenters. The summed E-state index contributed by atoms with van der Waals surface area (Å²) in [7, 11) is 0. The topological polar surface area (TPSA) is 25.8 Å². The van der Waals surface area contributed by atoms with Gasteiger partial charge in [0.25, 0.3) is 0 Å². The molecular formula is C15H18N2. The van der Waals surface area contributed by atoms with Crippen molar-refractivity contribution in [3.05, 3.63) is 48.4 Å². The Balaban J connectivity index is 2.12. The molecule has 1 heterocycles. The number of unbranched alkanes of at least 4 members (excludes halogenated alkanes) is 2. The summed E-state index contributed by atoms with van der Waals surface area (Å²) in [6.45, 7) is 2.23. The molecule has 1 aromatic heterocycles. The lowest BCUT2D eigenvalue weighted by molar-refractivity contribution is 0.717. The highest BCUT2D eigenvalue weighted by atomic mass is 14.8. The quantitative estimate of drug-likeness (QED) is 0.723. The molecule has 0 radical (unpaired) electrons. The summed E-state index contributed by atoms with van der Waals surface area (Å²) in [4.78, 5) is 8.43. The molecule has 0 aliphatic carbocycles. The number of rotatable bonds is 5. The summed E-state index contributed by atoms with van der Waals surface area (Å²) in [5.74, 6) is 0. The minimum absolute atomic E-state index is 0.949. The fourth-order valence-corrected chi connectivity index (χ4v) is 1.91. The first-order valence-corrected chi connectivity index (χ1v) is 6.25. The van der Waals surface area contributed by atoms with Crippen molar-refractivity contribution in [1.29, 1.82) is 0 Å². The molecule has 0 aliphatic heterocycles. The van der Waals surface area contributed by atoms with Crippen LogP contribution >= 0.6 is 0 Å². The van der Waals surface area contributed by atoms with Crippen molar-refractivity contribution < 1.29 is 0 Å². The first-order valence-electron chi connectivity index (χ1n) is 6.25. The maximum Gasteiger partial charge on any atom is 0.0885 e. The molecule has 0 amide bonds. The van der Waals surface area contributed by atoms with Gasteiger partial charge in [0.15, 0.2) is 0 Å². The van der Waals surface area contributed by atoms with E-state index in [0.29, 0.717) is 0 Å². The minimum atomic E-state index is 0.949. The van der Waals surface area contributed by atoms with Crippen LogP contribution in [-0.2, 0) is 6.42 Å². The van der Waals surface area contributed by atoms with Crippen molar-refractivity contribution in [3.63, 3.8) is 0 Å². The Morgan fingerprint density at radius 2 is 2.06 bits per heavy atom. The van der Waals surface area contributed by atoms with Crippen molar-refractivity contribution in [2.24, 2.45) is 0 Å². The van der Waals surface area contributed by atoms with E-state index in [1.165, 1.54) is 24.8 Å². The Hall–Kier alpha value is -1.70. The predicted molar refractivity (Wildman–Crippen MR) is 70.7 cm³/mol. The smallest absolute Gasteiger partial charge is 0.0885 e. The van der Waals surface area contributed by atoms with Crippen LogP contribution in [0.3, 0.4) is 0 Å².